The zero-order valence-corrected chi connectivity index (χ0v) is 23.7. The van der Waals surface area contributed by atoms with Crippen LogP contribution in [0.5, 0.6) is 0 Å². The molecule has 0 fully saturated rings. The molecule has 1 nitrogen and oxygen atoms in total. The summed E-state index contributed by atoms with van der Waals surface area (Å²) in [4.78, 5) is 0. The van der Waals surface area contributed by atoms with Crippen molar-refractivity contribution < 1.29 is 0 Å². The molecule has 0 amide bonds. The molecule has 0 aliphatic heterocycles. The van der Waals surface area contributed by atoms with Gasteiger partial charge in [0.2, 0.25) is 0 Å². The normalized spacial score (nSPS) is 13.7. The predicted octanol–water partition coefficient (Wildman–Crippen LogP) is 11.1. The van der Waals surface area contributed by atoms with Crippen LogP contribution in [0.4, 0.5) is 0 Å². The van der Waals surface area contributed by atoms with E-state index in [9.17, 15) is 0 Å². The van der Waals surface area contributed by atoms with E-state index in [0.717, 1.165) is 0 Å². The molecule has 1 aliphatic carbocycles. The van der Waals surface area contributed by atoms with E-state index in [2.05, 4.69) is 158 Å². The van der Waals surface area contributed by atoms with Gasteiger partial charge in [-0.25, -0.2) is 0 Å². The minimum atomic E-state index is -0.138. The van der Waals surface area contributed by atoms with Crippen molar-refractivity contribution in [2.45, 2.75) is 19.3 Å². The number of para-hydroxylation sites is 1. The average molecular weight is 536 g/mol. The maximum absolute atomic E-state index is 2.52. The Morgan fingerprint density at radius 3 is 2.00 bits per heavy atom. The Bertz CT molecular complexity index is 2350. The van der Waals surface area contributed by atoms with E-state index in [1.165, 1.54) is 82.4 Å². The number of hydrogen-bond donors (Lipinski definition) is 0. The first kappa shape index (κ1) is 23.6. The van der Waals surface area contributed by atoms with E-state index in [1.807, 2.05) is 0 Å². The molecule has 7 aromatic carbocycles. The second-order valence-corrected chi connectivity index (χ2v) is 12.1. The van der Waals surface area contributed by atoms with Crippen LogP contribution in [0.15, 0.2) is 140 Å². The van der Waals surface area contributed by atoms with Crippen LogP contribution in [0.2, 0.25) is 0 Å². The molecule has 1 heteroatoms. The summed E-state index contributed by atoms with van der Waals surface area (Å²) in [5, 5.41) is 7.98. The summed E-state index contributed by atoms with van der Waals surface area (Å²) in [5.41, 5.74) is 11.6. The highest BCUT2D eigenvalue weighted by Gasteiger charge is 2.40. The van der Waals surface area contributed by atoms with E-state index >= 15 is 0 Å². The molecular formula is C41H29N. The van der Waals surface area contributed by atoms with Crippen molar-refractivity contribution in [3.05, 3.63) is 151 Å². The van der Waals surface area contributed by atoms with Crippen molar-refractivity contribution in [1.82, 2.24) is 4.57 Å². The van der Waals surface area contributed by atoms with Gasteiger partial charge in [-0.05, 0) is 67.6 Å². The molecule has 1 aromatic heterocycles. The van der Waals surface area contributed by atoms with Gasteiger partial charge in [0.05, 0.1) is 11.0 Å². The SMILES string of the molecule is CC1(C)c2ccccc2-c2c1c1c3ccccc3ccc1c1c3ccccc3n(-c3ccc(-c4ccccc4)cc3)c21. The summed E-state index contributed by atoms with van der Waals surface area (Å²) < 4.78 is 2.52. The number of aromatic nitrogens is 1. The minimum Gasteiger partial charge on any atom is -0.309 e. The number of hydrogen-bond acceptors (Lipinski definition) is 0. The third kappa shape index (κ3) is 3.03. The number of fused-ring (bicyclic) bond motifs is 12. The van der Waals surface area contributed by atoms with Gasteiger partial charge in [-0.1, -0.05) is 135 Å². The molecule has 0 radical (unpaired) electrons. The molecule has 0 N–H and O–H groups in total. The second kappa shape index (κ2) is 8.44. The first-order chi connectivity index (χ1) is 20.6. The third-order valence-corrected chi connectivity index (χ3v) is 9.54. The summed E-state index contributed by atoms with van der Waals surface area (Å²) in [6.07, 6.45) is 0. The smallest absolute Gasteiger partial charge is 0.0629 e. The predicted molar refractivity (Wildman–Crippen MR) is 179 cm³/mol. The fourth-order valence-electron chi connectivity index (χ4n) is 7.71. The van der Waals surface area contributed by atoms with Gasteiger partial charge in [-0.2, -0.15) is 0 Å². The van der Waals surface area contributed by atoms with Crippen molar-refractivity contribution in [3.63, 3.8) is 0 Å². The highest BCUT2D eigenvalue weighted by atomic mass is 15.0. The largest absolute Gasteiger partial charge is 0.309 e. The van der Waals surface area contributed by atoms with Crippen molar-refractivity contribution in [2.75, 3.05) is 0 Å². The Labute approximate surface area is 245 Å². The Hall–Kier alpha value is -5.14. The van der Waals surface area contributed by atoms with Gasteiger partial charge in [-0.3, -0.25) is 0 Å². The van der Waals surface area contributed by atoms with E-state index in [4.69, 9.17) is 0 Å². The lowest BCUT2D eigenvalue weighted by atomic mass is 9.78. The van der Waals surface area contributed by atoms with Crippen LogP contribution < -0.4 is 0 Å². The second-order valence-electron chi connectivity index (χ2n) is 12.1. The van der Waals surface area contributed by atoms with Crippen LogP contribution in [0.25, 0.3) is 71.3 Å². The van der Waals surface area contributed by atoms with Crippen LogP contribution in [-0.4, -0.2) is 4.57 Å². The summed E-state index contributed by atoms with van der Waals surface area (Å²) in [7, 11) is 0. The lowest BCUT2D eigenvalue weighted by molar-refractivity contribution is 0.667. The third-order valence-electron chi connectivity index (χ3n) is 9.54. The van der Waals surface area contributed by atoms with Crippen molar-refractivity contribution in [1.29, 1.82) is 0 Å². The Morgan fingerprint density at radius 2 is 1.17 bits per heavy atom. The maximum Gasteiger partial charge on any atom is 0.0629 e. The molecule has 0 saturated carbocycles. The first-order valence-electron chi connectivity index (χ1n) is 14.8. The van der Waals surface area contributed by atoms with Crippen LogP contribution in [0.1, 0.15) is 25.0 Å². The van der Waals surface area contributed by atoms with Crippen LogP contribution >= 0.6 is 0 Å². The Balaban J connectivity index is 1.50. The lowest BCUT2D eigenvalue weighted by Crippen LogP contribution is -2.15. The molecule has 0 spiro atoms. The van der Waals surface area contributed by atoms with Gasteiger partial charge in [0.15, 0.2) is 0 Å². The lowest BCUT2D eigenvalue weighted by Gasteiger charge is -2.25. The van der Waals surface area contributed by atoms with Gasteiger partial charge in [0.25, 0.3) is 0 Å². The van der Waals surface area contributed by atoms with E-state index < -0.39 is 0 Å². The minimum absolute atomic E-state index is 0.138. The van der Waals surface area contributed by atoms with Crippen molar-refractivity contribution in [2.24, 2.45) is 0 Å². The molecule has 8 aromatic rings. The summed E-state index contributed by atoms with van der Waals surface area (Å²) in [6.45, 7) is 4.82. The zero-order chi connectivity index (χ0) is 28.0. The van der Waals surface area contributed by atoms with Gasteiger partial charge in [-0.15, -0.1) is 0 Å². The summed E-state index contributed by atoms with van der Waals surface area (Å²) in [6, 6.07) is 51.3. The highest BCUT2D eigenvalue weighted by Crippen LogP contribution is 2.57. The zero-order valence-electron chi connectivity index (χ0n) is 23.7. The molecule has 1 heterocycles. The monoisotopic (exact) mass is 535 g/mol. The standard InChI is InChI=1S/C41H29N/c1-41(2)34-18-10-8-16-31(34)38-39(41)36-30-15-7-6-14-28(30)22-25-33(36)37-32-17-9-11-19-35(32)42(40(37)38)29-23-20-27(21-24-29)26-12-4-3-5-13-26/h3-25H,1-2H3. The summed E-state index contributed by atoms with van der Waals surface area (Å²) >= 11 is 0. The molecule has 0 unspecified atom stereocenters. The molecule has 9 rings (SSSR count). The van der Waals surface area contributed by atoms with E-state index in [-0.39, 0.29) is 5.41 Å². The summed E-state index contributed by atoms with van der Waals surface area (Å²) in [5.74, 6) is 0. The maximum atomic E-state index is 2.52. The average Bonchev–Trinajstić information content (AvgIpc) is 3.51. The van der Waals surface area contributed by atoms with Crippen LogP contribution in [0, 0.1) is 0 Å². The van der Waals surface area contributed by atoms with Gasteiger partial charge in [0, 0.05) is 27.4 Å². The van der Waals surface area contributed by atoms with Crippen LogP contribution in [-0.2, 0) is 5.41 Å². The molecule has 198 valence electrons. The van der Waals surface area contributed by atoms with Gasteiger partial charge in [0.1, 0.15) is 0 Å². The molecule has 0 atom stereocenters. The molecular weight excluding hydrogens is 506 g/mol. The van der Waals surface area contributed by atoms with Crippen molar-refractivity contribution in [3.8, 4) is 27.9 Å². The molecule has 1 aliphatic rings. The van der Waals surface area contributed by atoms with E-state index in [1.54, 1.807) is 0 Å². The molecule has 42 heavy (non-hydrogen) atoms. The number of rotatable bonds is 2. The topological polar surface area (TPSA) is 4.93 Å². The fraction of sp³-hybridized carbons (Fsp3) is 0.0732. The quantitative estimate of drug-likeness (QED) is 0.194. The molecule has 0 saturated heterocycles. The fourth-order valence-corrected chi connectivity index (χ4v) is 7.71. The Morgan fingerprint density at radius 1 is 0.500 bits per heavy atom. The number of benzene rings is 7. The van der Waals surface area contributed by atoms with Gasteiger partial charge >= 0.3 is 0 Å². The molecule has 0 bridgehead atoms. The first-order valence-corrected chi connectivity index (χ1v) is 14.8. The number of nitrogens with zero attached hydrogens (tertiary/aromatic N) is 1. The van der Waals surface area contributed by atoms with Crippen molar-refractivity contribution >= 4 is 43.4 Å². The Kier molecular flexibility index (Phi) is 4.73. The van der Waals surface area contributed by atoms with E-state index in [0.29, 0.717) is 0 Å². The highest BCUT2D eigenvalue weighted by molar-refractivity contribution is 6.31. The van der Waals surface area contributed by atoms with Crippen LogP contribution in [0.3, 0.4) is 0 Å². The van der Waals surface area contributed by atoms with Gasteiger partial charge < -0.3 is 4.57 Å².